The molecule has 0 saturated heterocycles. The number of anilines is 1. The Balaban J connectivity index is 1.86. The van der Waals surface area contributed by atoms with E-state index < -0.39 is 24.5 Å². The molecule has 2 aromatic rings. The predicted octanol–water partition coefficient (Wildman–Crippen LogP) is 2.99. The van der Waals surface area contributed by atoms with Crippen LogP contribution in [0.4, 0.5) is 18.9 Å². The summed E-state index contributed by atoms with van der Waals surface area (Å²) in [5, 5.41) is 21.0. The maximum atomic E-state index is 13.0. The minimum atomic E-state index is -4.52. The zero-order chi connectivity index (χ0) is 18.7. The Kier molecular flexibility index (Phi) is 5.10. The molecule has 9 heteroatoms. The van der Waals surface area contributed by atoms with Gasteiger partial charge in [-0.15, -0.1) is 0 Å². The summed E-state index contributed by atoms with van der Waals surface area (Å²) < 4.78 is 54.9. The maximum absolute atomic E-state index is 13.0. The largest absolute Gasteiger partial charge is 0.455 e. The van der Waals surface area contributed by atoms with Crippen LogP contribution in [0.25, 0.3) is 0 Å². The fraction of sp³-hybridized carbons (Fsp3) is 0.294. The molecule has 0 amide bonds. The lowest BCUT2D eigenvalue weighted by Crippen LogP contribution is -2.23. The van der Waals surface area contributed by atoms with Gasteiger partial charge in [-0.3, -0.25) is 0 Å². The van der Waals surface area contributed by atoms with Crippen LogP contribution in [0.15, 0.2) is 36.4 Å². The number of rotatable bonds is 6. The third kappa shape index (κ3) is 4.12. The van der Waals surface area contributed by atoms with E-state index in [0.29, 0.717) is 17.2 Å². The van der Waals surface area contributed by atoms with Crippen molar-refractivity contribution in [2.45, 2.75) is 12.3 Å². The van der Waals surface area contributed by atoms with Crippen LogP contribution in [0.5, 0.6) is 23.0 Å². The summed E-state index contributed by atoms with van der Waals surface area (Å²) >= 11 is 0. The smallest absolute Gasteiger partial charge is 0.416 e. The van der Waals surface area contributed by atoms with Crippen molar-refractivity contribution < 1.29 is 37.6 Å². The van der Waals surface area contributed by atoms with Gasteiger partial charge in [0.1, 0.15) is 5.75 Å². The average molecular weight is 371 g/mol. The Morgan fingerprint density at radius 1 is 1.12 bits per heavy atom. The van der Waals surface area contributed by atoms with Crippen molar-refractivity contribution in [2.24, 2.45) is 0 Å². The fourth-order valence-electron chi connectivity index (χ4n) is 2.29. The van der Waals surface area contributed by atoms with E-state index in [1.54, 1.807) is 18.2 Å². The summed E-state index contributed by atoms with van der Waals surface area (Å²) in [6.07, 6.45) is -5.65. The van der Waals surface area contributed by atoms with Crippen LogP contribution in [-0.4, -0.2) is 36.3 Å². The van der Waals surface area contributed by atoms with E-state index >= 15 is 0 Å². The molecule has 3 N–H and O–H groups in total. The molecule has 1 aliphatic heterocycles. The van der Waals surface area contributed by atoms with Gasteiger partial charge in [0.25, 0.3) is 0 Å². The molecule has 0 saturated carbocycles. The molecule has 0 aliphatic carbocycles. The van der Waals surface area contributed by atoms with E-state index in [0.717, 1.165) is 12.1 Å². The Morgan fingerprint density at radius 3 is 2.62 bits per heavy atom. The lowest BCUT2D eigenvalue weighted by Gasteiger charge is -2.17. The van der Waals surface area contributed by atoms with Gasteiger partial charge in [0, 0.05) is 12.6 Å². The Labute approximate surface area is 146 Å². The van der Waals surface area contributed by atoms with Crippen molar-refractivity contribution >= 4 is 5.69 Å². The van der Waals surface area contributed by atoms with Crippen LogP contribution in [0.1, 0.15) is 5.56 Å². The molecule has 2 aromatic carbocycles. The van der Waals surface area contributed by atoms with Crippen molar-refractivity contribution in [3.05, 3.63) is 42.0 Å². The maximum Gasteiger partial charge on any atom is 0.416 e. The van der Waals surface area contributed by atoms with Gasteiger partial charge in [-0.1, -0.05) is 0 Å². The number of ether oxygens (including phenoxy) is 3. The lowest BCUT2D eigenvalue weighted by atomic mass is 10.1. The topological polar surface area (TPSA) is 80.2 Å². The molecule has 0 spiro atoms. The number of hydrogen-bond donors (Lipinski definition) is 3. The van der Waals surface area contributed by atoms with Gasteiger partial charge in [0.05, 0.1) is 24.0 Å². The molecule has 0 radical (unpaired) electrons. The van der Waals surface area contributed by atoms with Gasteiger partial charge >= 0.3 is 6.18 Å². The lowest BCUT2D eigenvalue weighted by molar-refractivity contribution is -0.137. The first-order valence-electron chi connectivity index (χ1n) is 7.68. The summed E-state index contributed by atoms with van der Waals surface area (Å²) in [6.45, 7) is -0.579. The highest BCUT2D eigenvalue weighted by molar-refractivity contribution is 5.60. The molecular weight excluding hydrogens is 355 g/mol. The number of aliphatic hydroxyl groups is 2. The molecule has 0 fully saturated rings. The Hall–Kier alpha value is -2.65. The SMILES string of the molecule is OCC(O)CNc1cc(C(F)(F)F)ccc1Oc1ccc2c(c1)OCO2. The first kappa shape index (κ1) is 18.2. The zero-order valence-electron chi connectivity index (χ0n) is 13.4. The van der Waals surface area contributed by atoms with E-state index in [1.807, 2.05) is 0 Å². The van der Waals surface area contributed by atoms with Gasteiger partial charge < -0.3 is 29.7 Å². The van der Waals surface area contributed by atoms with Crippen LogP contribution in [0.3, 0.4) is 0 Å². The zero-order valence-corrected chi connectivity index (χ0v) is 13.4. The number of fused-ring (bicyclic) bond motifs is 1. The van der Waals surface area contributed by atoms with Gasteiger partial charge in [0.15, 0.2) is 17.2 Å². The van der Waals surface area contributed by atoms with Gasteiger partial charge in [-0.05, 0) is 30.3 Å². The average Bonchev–Trinajstić information content (AvgIpc) is 3.07. The van der Waals surface area contributed by atoms with E-state index in [2.05, 4.69) is 5.32 Å². The van der Waals surface area contributed by atoms with Crippen molar-refractivity contribution in [1.82, 2.24) is 0 Å². The highest BCUT2D eigenvalue weighted by Crippen LogP contribution is 2.40. The molecule has 6 nitrogen and oxygen atoms in total. The van der Waals surface area contributed by atoms with Crippen LogP contribution in [0.2, 0.25) is 0 Å². The number of benzene rings is 2. The molecule has 1 atom stereocenters. The van der Waals surface area contributed by atoms with E-state index in [9.17, 15) is 18.3 Å². The van der Waals surface area contributed by atoms with E-state index in [-0.39, 0.29) is 24.8 Å². The monoisotopic (exact) mass is 371 g/mol. The summed E-state index contributed by atoms with van der Waals surface area (Å²) in [4.78, 5) is 0. The van der Waals surface area contributed by atoms with Crippen LogP contribution in [0, 0.1) is 0 Å². The third-order valence-electron chi connectivity index (χ3n) is 3.62. The molecule has 26 heavy (non-hydrogen) atoms. The first-order chi connectivity index (χ1) is 12.4. The van der Waals surface area contributed by atoms with Crippen molar-refractivity contribution in [2.75, 3.05) is 25.3 Å². The van der Waals surface area contributed by atoms with Crippen LogP contribution in [-0.2, 0) is 6.18 Å². The van der Waals surface area contributed by atoms with Crippen molar-refractivity contribution in [3.63, 3.8) is 0 Å². The summed E-state index contributed by atoms with van der Waals surface area (Å²) in [5.74, 6) is 1.50. The Bertz CT molecular complexity index is 781. The fourth-order valence-corrected chi connectivity index (χ4v) is 2.29. The van der Waals surface area contributed by atoms with E-state index in [1.165, 1.54) is 6.07 Å². The number of aliphatic hydroxyl groups excluding tert-OH is 2. The van der Waals surface area contributed by atoms with E-state index in [4.69, 9.17) is 19.3 Å². The highest BCUT2D eigenvalue weighted by atomic mass is 19.4. The molecule has 1 heterocycles. The first-order valence-corrected chi connectivity index (χ1v) is 7.68. The summed E-state index contributed by atoms with van der Waals surface area (Å²) in [7, 11) is 0. The molecule has 3 rings (SSSR count). The van der Waals surface area contributed by atoms with Gasteiger partial charge in [-0.2, -0.15) is 13.2 Å². The van der Waals surface area contributed by atoms with Gasteiger partial charge in [-0.25, -0.2) is 0 Å². The normalized spacial score (nSPS) is 14.2. The van der Waals surface area contributed by atoms with Crippen LogP contribution < -0.4 is 19.5 Å². The number of nitrogens with one attached hydrogen (secondary N) is 1. The molecule has 0 aromatic heterocycles. The quantitative estimate of drug-likeness (QED) is 0.725. The second kappa shape index (κ2) is 7.30. The van der Waals surface area contributed by atoms with Crippen molar-refractivity contribution in [1.29, 1.82) is 0 Å². The summed E-state index contributed by atoms with van der Waals surface area (Å²) in [5.41, 5.74) is -0.832. The highest BCUT2D eigenvalue weighted by Gasteiger charge is 2.31. The van der Waals surface area contributed by atoms with Crippen LogP contribution >= 0.6 is 0 Å². The minimum absolute atomic E-state index is 0.0324. The number of halogens is 3. The molecule has 1 unspecified atom stereocenters. The Morgan fingerprint density at radius 2 is 1.88 bits per heavy atom. The molecular formula is C17H16F3NO5. The third-order valence-corrected chi connectivity index (χ3v) is 3.62. The second-order valence-electron chi connectivity index (χ2n) is 5.54. The second-order valence-corrected chi connectivity index (χ2v) is 5.54. The molecule has 1 aliphatic rings. The minimum Gasteiger partial charge on any atom is -0.455 e. The van der Waals surface area contributed by atoms with Crippen molar-refractivity contribution in [3.8, 4) is 23.0 Å². The number of alkyl halides is 3. The molecule has 140 valence electrons. The predicted molar refractivity (Wildman–Crippen MR) is 85.7 cm³/mol. The standard InChI is InChI=1S/C17H16F3NO5/c18-17(19,20)10-1-3-14(13(5-10)21-7-11(23)8-22)26-12-2-4-15-16(6-12)25-9-24-15/h1-6,11,21-23H,7-9H2. The molecule has 0 bridgehead atoms. The summed E-state index contributed by atoms with van der Waals surface area (Å²) in [6, 6.07) is 7.75. The van der Waals surface area contributed by atoms with Gasteiger partial charge in [0.2, 0.25) is 6.79 Å². The number of hydrogen-bond acceptors (Lipinski definition) is 6.